The minimum Gasteiger partial charge on any atom is -0.493 e. The number of ether oxygens (including phenoxy) is 3. The van der Waals surface area contributed by atoms with E-state index >= 15 is 0 Å². The number of nitrogens with zero attached hydrogens (tertiary/aromatic N) is 3. The number of unbranched alkanes of at least 4 members (excludes halogenated alkanes) is 1. The number of rotatable bonds is 11. The monoisotopic (exact) mass is 515 g/mol. The van der Waals surface area contributed by atoms with Crippen molar-refractivity contribution in [1.82, 2.24) is 9.88 Å². The lowest BCUT2D eigenvalue weighted by Crippen LogP contribution is -2.44. The molecule has 2 unspecified atom stereocenters. The summed E-state index contributed by atoms with van der Waals surface area (Å²) in [5.74, 6) is 2.85. The Labute approximate surface area is 225 Å². The van der Waals surface area contributed by atoms with Gasteiger partial charge in [-0.1, -0.05) is 37.6 Å². The summed E-state index contributed by atoms with van der Waals surface area (Å²) in [6, 6.07) is 18.2. The molecule has 0 aliphatic carbocycles. The molecule has 2 aliphatic rings. The number of fused-ring (bicyclic) bond motifs is 1. The van der Waals surface area contributed by atoms with Crippen molar-refractivity contribution in [3.05, 3.63) is 78.1 Å². The Bertz CT molecular complexity index is 1220. The van der Waals surface area contributed by atoms with Crippen LogP contribution in [-0.2, 0) is 11.2 Å². The van der Waals surface area contributed by atoms with Crippen LogP contribution in [0.3, 0.4) is 0 Å². The number of hydrogen-bond donors (Lipinski definition) is 0. The minimum absolute atomic E-state index is 0.0942. The Balaban J connectivity index is 1.35. The zero-order valence-corrected chi connectivity index (χ0v) is 22.3. The van der Waals surface area contributed by atoms with Gasteiger partial charge in [-0.05, 0) is 60.2 Å². The fourth-order valence-electron chi connectivity index (χ4n) is 5.46. The number of carbonyl (C=O) groups is 1. The zero-order chi connectivity index (χ0) is 26.3. The highest BCUT2D eigenvalue weighted by Crippen LogP contribution is 2.36. The maximum absolute atomic E-state index is 13.7. The largest absolute Gasteiger partial charge is 0.493 e. The van der Waals surface area contributed by atoms with E-state index in [2.05, 4.69) is 35.0 Å². The third kappa shape index (κ3) is 5.94. The second kappa shape index (κ2) is 12.3. The van der Waals surface area contributed by atoms with Crippen LogP contribution in [0, 0.1) is 0 Å². The number of benzene rings is 2. The van der Waals surface area contributed by atoms with Crippen molar-refractivity contribution in [1.29, 1.82) is 0 Å². The van der Waals surface area contributed by atoms with Crippen molar-refractivity contribution in [2.45, 2.75) is 44.6 Å². The molecule has 3 heterocycles. The van der Waals surface area contributed by atoms with Crippen LogP contribution in [0.5, 0.6) is 17.2 Å². The molecule has 1 saturated heterocycles. The highest BCUT2D eigenvalue weighted by molar-refractivity contribution is 5.94. The second-order valence-corrected chi connectivity index (χ2v) is 10.1. The molecule has 2 aliphatic heterocycles. The molecule has 7 nitrogen and oxygen atoms in total. The third-order valence-corrected chi connectivity index (χ3v) is 7.55. The molecular formula is C31H37N3O4. The lowest BCUT2D eigenvalue weighted by molar-refractivity contribution is -0.120. The van der Waals surface area contributed by atoms with Crippen LogP contribution in [0.4, 0.5) is 5.69 Å². The molecule has 1 amide bonds. The first kappa shape index (κ1) is 26.0. The summed E-state index contributed by atoms with van der Waals surface area (Å²) < 4.78 is 17.5. The third-order valence-electron chi connectivity index (χ3n) is 7.55. The van der Waals surface area contributed by atoms with E-state index < -0.39 is 0 Å². The molecule has 1 aromatic heterocycles. The smallest absolute Gasteiger partial charge is 0.241 e. The molecule has 2 atom stereocenters. The number of amides is 1. The minimum atomic E-state index is 0.0942. The molecule has 0 saturated carbocycles. The van der Waals surface area contributed by atoms with Gasteiger partial charge in [0.25, 0.3) is 0 Å². The van der Waals surface area contributed by atoms with Crippen LogP contribution >= 0.6 is 0 Å². The van der Waals surface area contributed by atoms with Crippen LogP contribution in [0.2, 0.25) is 0 Å². The van der Waals surface area contributed by atoms with E-state index in [4.69, 9.17) is 14.2 Å². The van der Waals surface area contributed by atoms with Crippen molar-refractivity contribution >= 4 is 11.6 Å². The van der Waals surface area contributed by atoms with Crippen molar-refractivity contribution in [2.75, 3.05) is 44.9 Å². The van der Waals surface area contributed by atoms with Crippen LogP contribution in [0.15, 0.2) is 67.0 Å². The van der Waals surface area contributed by atoms with Gasteiger partial charge in [0.2, 0.25) is 5.91 Å². The molecule has 5 rings (SSSR count). The molecule has 0 radical (unpaired) electrons. The van der Waals surface area contributed by atoms with Crippen molar-refractivity contribution < 1.29 is 19.0 Å². The Morgan fingerprint density at radius 2 is 2.03 bits per heavy atom. The van der Waals surface area contributed by atoms with Gasteiger partial charge in [0.15, 0.2) is 11.5 Å². The van der Waals surface area contributed by atoms with Crippen LogP contribution < -0.4 is 19.1 Å². The van der Waals surface area contributed by atoms with Crippen molar-refractivity contribution in [2.24, 2.45) is 0 Å². The highest BCUT2D eigenvalue weighted by Gasteiger charge is 2.36. The summed E-state index contributed by atoms with van der Waals surface area (Å²) in [6.07, 6.45) is 7.35. The van der Waals surface area contributed by atoms with E-state index in [9.17, 15) is 4.79 Å². The predicted octanol–water partition coefficient (Wildman–Crippen LogP) is 5.10. The van der Waals surface area contributed by atoms with Gasteiger partial charge in [-0.25, -0.2) is 0 Å². The summed E-state index contributed by atoms with van der Waals surface area (Å²) >= 11 is 0. The lowest BCUT2D eigenvalue weighted by Gasteiger charge is -2.28. The molecule has 38 heavy (non-hydrogen) atoms. The molecular weight excluding hydrogens is 478 g/mol. The number of carbonyl (C=O) groups excluding carboxylic acids is 1. The first-order chi connectivity index (χ1) is 18.7. The number of aromatic nitrogens is 1. The van der Waals surface area contributed by atoms with Gasteiger partial charge in [-0.2, -0.15) is 0 Å². The maximum atomic E-state index is 13.7. The van der Waals surface area contributed by atoms with Gasteiger partial charge in [0.05, 0.1) is 32.1 Å². The molecule has 3 aromatic rings. The fourth-order valence-corrected chi connectivity index (χ4v) is 5.46. The van der Waals surface area contributed by atoms with Crippen LogP contribution in [-0.4, -0.2) is 61.8 Å². The Morgan fingerprint density at radius 1 is 1.16 bits per heavy atom. The quantitative estimate of drug-likeness (QED) is 0.354. The standard InChI is InChI=1S/C31H37N3O4/c1-3-4-15-34(26-8-7-14-32-19-26)31(35)21-33-20-25(23-11-12-28-24(17-23)13-16-37-28)18-27(33)22-38-30-10-6-5-9-29(30)36-2/h5-12,14,17,19,25,27H,3-4,13,15-16,18,20-22H2,1-2H3. The Kier molecular flexibility index (Phi) is 8.44. The number of anilines is 1. The summed E-state index contributed by atoms with van der Waals surface area (Å²) in [4.78, 5) is 22.1. The number of likely N-dealkylation sites (tertiary alicyclic amines) is 1. The second-order valence-electron chi connectivity index (χ2n) is 10.1. The van der Waals surface area contributed by atoms with Crippen molar-refractivity contribution in [3.63, 3.8) is 0 Å². The van der Waals surface area contributed by atoms with Gasteiger partial charge >= 0.3 is 0 Å². The van der Waals surface area contributed by atoms with Crippen LogP contribution in [0.25, 0.3) is 0 Å². The molecule has 1 fully saturated rings. The Hall–Kier alpha value is -3.58. The van der Waals surface area contributed by atoms with E-state index in [-0.39, 0.29) is 11.9 Å². The number of methoxy groups -OCH3 is 1. The number of hydrogen-bond acceptors (Lipinski definition) is 6. The molecule has 0 bridgehead atoms. The highest BCUT2D eigenvalue weighted by atomic mass is 16.5. The molecule has 200 valence electrons. The summed E-state index contributed by atoms with van der Waals surface area (Å²) in [5, 5.41) is 0. The summed E-state index contributed by atoms with van der Waals surface area (Å²) in [5.41, 5.74) is 3.44. The van der Waals surface area contributed by atoms with Gasteiger partial charge in [0, 0.05) is 31.7 Å². The predicted molar refractivity (Wildman–Crippen MR) is 148 cm³/mol. The SMILES string of the molecule is CCCCN(C(=O)CN1CC(c2ccc3c(c2)CCO3)CC1COc1ccccc1OC)c1cccnc1. The van der Waals surface area contributed by atoms with Crippen LogP contribution in [0.1, 0.15) is 43.2 Å². The summed E-state index contributed by atoms with van der Waals surface area (Å²) in [7, 11) is 1.65. The molecule has 2 aromatic carbocycles. The molecule has 0 N–H and O–H groups in total. The molecule has 0 spiro atoms. The first-order valence-electron chi connectivity index (χ1n) is 13.6. The average molecular weight is 516 g/mol. The van der Waals surface area contributed by atoms with Gasteiger partial charge in [0.1, 0.15) is 12.4 Å². The lowest BCUT2D eigenvalue weighted by atomic mass is 9.94. The summed E-state index contributed by atoms with van der Waals surface area (Å²) in [6.45, 7) is 5.21. The van der Waals surface area contributed by atoms with Gasteiger partial charge < -0.3 is 19.1 Å². The van der Waals surface area contributed by atoms with E-state index in [0.717, 1.165) is 56.0 Å². The normalized spacial score (nSPS) is 18.6. The number of para-hydroxylation sites is 2. The van der Waals surface area contributed by atoms with E-state index in [1.165, 1.54) is 11.1 Å². The van der Waals surface area contributed by atoms with Gasteiger partial charge in [-0.15, -0.1) is 0 Å². The van der Waals surface area contributed by atoms with E-state index in [1.54, 1.807) is 19.5 Å². The van der Waals surface area contributed by atoms with Gasteiger partial charge in [-0.3, -0.25) is 14.7 Å². The fraction of sp³-hybridized carbons (Fsp3) is 0.419. The van der Waals surface area contributed by atoms with E-state index in [0.29, 0.717) is 31.4 Å². The Morgan fingerprint density at radius 3 is 2.82 bits per heavy atom. The maximum Gasteiger partial charge on any atom is 0.241 e. The van der Waals surface area contributed by atoms with E-state index in [1.807, 2.05) is 41.3 Å². The number of pyridine rings is 1. The first-order valence-corrected chi connectivity index (χ1v) is 13.6. The average Bonchev–Trinajstić information content (AvgIpc) is 3.59. The zero-order valence-electron chi connectivity index (χ0n) is 22.3. The van der Waals surface area contributed by atoms with Crippen molar-refractivity contribution in [3.8, 4) is 17.2 Å². The molecule has 7 heteroatoms. The topological polar surface area (TPSA) is 64.1 Å².